The molecule has 0 bridgehead atoms. The number of nitrogens with zero attached hydrogens (tertiary/aromatic N) is 2. The first-order valence-electron chi connectivity index (χ1n) is 7.71. The Kier molecular flexibility index (Phi) is 5.33. The van der Waals surface area contributed by atoms with Gasteiger partial charge in [-0.25, -0.2) is 14.6 Å². The smallest absolute Gasteiger partial charge is 0.344 e. The third kappa shape index (κ3) is 3.79. The molecule has 0 N–H and O–H groups in total. The van der Waals surface area contributed by atoms with Crippen LogP contribution in [0.4, 0.5) is 0 Å². The van der Waals surface area contributed by atoms with Gasteiger partial charge in [0.1, 0.15) is 5.69 Å². The maximum atomic E-state index is 12.1. The van der Waals surface area contributed by atoms with Crippen molar-refractivity contribution in [1.82, 2.24) is 9.55 Å². The number of carbonyl (C=O) groups is 2. The van der Waals surface area contributed by atoms with Gasteiger partial charge in [-0.1, -0.05) is 0 Å². The van der Waals surface area contributed by atoms with Gasteiger partial charge in [0.15, 0.2) is 6.61 Å². The Morgan fingerprint density at radius 2 is 2.00 bits per heavy atom. The van der Waals surface area contributed by atoms with Crippen molar-refractivity contribution < 1.29 is 19.1 Å². The lowest BCUT2D eigenvalue weighted by Gasteiger charge is -2.10. The fourth-order valence-electron chi connectivity index (χ4n) is 2.32. The van der Waals surface area contributed by atoms with Gasteiger partial charge in [0, 0.05) is 6.54 Å². The second-order valence-corrected chi connectivity index (χ2v) is 5.56. The third-order valence-corrected chi connectivity index (χ3v) is 3.35. The fourth-order valence-corrected chi connectivity index (χ4v) is 2.32. The minimum Gasteiger partial charge on any atom is -0.460 e. The van der Waals surface area contributed by atoms with Gasteiger partial charge in [0.25, 0.3) is 5.56 Å². The van der Waals surface area contributed by atoms with E-state index in [-0.39, 0.29) is 17.2 Å². The van der Waals surface area contributed by atoms with Crippen molar-refractivity contribution in [2.45, 2.75) is 40.3 Å². The van der Waals surface area contributed by atoms with E-state index < -0.39 is 18.5 Å². The quantitative estimate of drug-likeness (QED) is 0.776. The summed E-state index contributed by atoms with van der Waals surface area (Å²) in [7, 11) is 0. The number of fused-ring (bicyclic) bond motifs is 1. The number of esters is 2. The predicted molar refractivity (Wildman–Crippen MR) is 87.9 cm³/mol. The molecule has 0 spiro atoms. The van der Waals surface area contributed by atoms with Gasteiger partial charge in [-0.2, -0.15) is 0 Å². The highest BCUT2D eigenvalue weighted by Gasteiger charge is 2.14. The molecule has 0 saturated carbocycles. The summed E-state index contributed by atoms with van der Waals surface area (Å²) < 4.78 is 11.4. The van der Waals surface area contributed by atoms with Gasteiger partial charge >= 0.3 is 11.9 Å². The van der Waals surface area contributed by atoms with Gasteiger partial charge in [-0.05, 0) is 45.9 Å². The predicted octanol–water partition coefficient (Wildman–Crippen LogP) is 1.83. The summed E-state index contributed by atoms with van der Waals surface area (Å²) in [5, 5.41) is 0. The Labute approximate surface area is 139 Å². The van der Waals surface area contributed by atoms with Crippen molar-refractivity contribution in [2.75, 3.05) is 6.61 Å². The van der Waals surface area contributed by atoms with Crippen LogP contribution in [-0.4, -0.2) is 34.2 Å². The fraction of sp³-hybridized carbons (Fsp3) is 0.412. The molecule has 1 aromatic carbocycles. The van der Waals surface area contributed by atoms with Crippen LogP contribution >= 0.6 is 0 Å². The highest BCUT2D eigenvalue weighted by Crippen LogP contribution is 2.14. The van der Waals surface area contributed by atoms with E-state index >= 15 is 0 Å². The number of hydrogen-bond acceptors (Lipinski definition) is 6. The van der Waals surface area contributed by atoms with E-state index in [1.165, 1.54) is 0 Å². The molecule has 1 aromatic heterocycles. The lowest BCUT2D eigenvalue weighted by atomic mass is 10.2. The van der Waals surface area contributed by atoms with Gasteiger partial charge < -0.3 is 14.0 Å². The monoisotopic (exact) mass is 332 g/mol. The summed E-state index contributed by atoms with van der Waals surface area (Å²) in [6.45, 7) is 6.97. The molecule has 0 aliphatic carbocycles. The van der Waals surface area contributed by atoms with E-state index in [0.29, 0.717) is 23.3 Å². The molecule has 7 nitrogen and oxygen atoms in total. The Balaban J connectivity index is 2.24. The first-order chi connectivity index (χ1) is 11.3. The van der Waals surface area contributed by atoms with Crippen LogP contribution in [0.2, 0.25) is 0 Å². The Morgan fingerprint density at radius 1 is 1.29 bits per heavy atom. The number of aryl methyl sites for hydroxylation is 2. The van der Waals surface area contributed by atoms with Crippen molar-refractivity contribution in [3.05, 3.63) is 39.8 Å². The van der Waals surface area contributed by atoms with Crippen LogP contribution in [0.15, 0.2) is 23.0 Å². The summed E-state index contributed by atoms with van der Waals surface area (Å²) in [6, 6.07) is 4.74. The van der Waals surface area contributed by atoms with E-state index in [9.17, 15) is 14.4 Å². The Hall–Kier alpha value is -2.70. The maximum Gasteiger partial charge on any atom is 0.344 e. The summed E-state index contributed by atoms with van der Waals surface area (Å²) in [6.07, 6.45) is -0.269. The van der Waals surface area contributed by atoms with Crippen molar-refractivity contribution in [2.24, 2.45) is 0 Å². The van der Waals surface area contributed by atoms with Crippen LogP contribution in [0.1, 0.15) is 36.8 Å². The first-order valence-corrected chi connectivity index (χ1v) is 7.71. The third-order valence-electron chi connectivity index (χ3n) is 3.35. The Morgan fingerprint density at radius 3 is 2.62 bits per heavy atom. The van der Waals surface area contributed by atoms with E-state index in [0.717, 1.165) is 0 Å². The van der Waals surface area contributed by atoms with Gasteiger partial charge in [0.05, 0.1) is 22.7 Å². The summed E-state index contributed by atoms with van der Waals surface area (Å²) >= 11 is 0. The molecule has 7 heteroatoms. The highest BCUT2D eigenvalue weighted by atomic mass is 16.6. The molecule has 2 rings (SSSR count). The summed E-state index contributed by atoms with van der Waals surface area (Å²) in [5.41, 5.74) is 1.62. The Bertz CT molecular complexity index is 839. The van der Waals surface area contributed by atoms with Crippen molar-refractivity contribution in [1.29, 1.82) is 0 Å². The molecule has 0 atom stereocenters. The standard InChI is InChI=1S/C17H20N2O5/c1-5-19-14-7-6-12(8-13(14)18-11(4)16(19)21)17(22)23-9-15(20)24-10(2)3/h6-8,10H,5,9H2,1-4H3. The van der Waals surface area contributed by atoms with E-state index in [4.69, 9.17) is 9.47 Å². The first kappa shape index (κ1) is 17.7. The zero-order valence-electron chi connectivity index (χ0n) is 14.2. The lowest BCUT2D eigenvalue weighted by molar-refractivity contribution is -0.150. The van der Waals surface area contributed by atoms with Crippen LogP contribution in [0.5, 0.6) is 0 Å². The average molecular weight is 332 g/mol. The SMILES string of the molecule is CCn1c(=O)c(C)nc2cc(C(=O)OCC(=O)OC(C)C)ccc21. The second kappa shape index (κ2) is 7.25. The van der Waals surface area contributed by atoms with Gasteiger partial charge in [-0.3, -0.25) is 4.79 Å². The van der Waals surface area contributed by atoms with Crippen LogP contribution in [-0.2, 0) is 20.8 Å². The van der Waals surface area contributed by atoms with Crippen LogP contribution in [0, 0.1) is 6.92 Å². The topological polar surface area (TPSA) is 87.5 Å². The van der Waals surface area contributed by atoms with E-state index in [2.05, 4.69) is 4.98 Å². The summed E-state index contributed by atoms with van der Waals surface area (Å²) in [5.74, 6) is -1.25. The zero-order valence-corrected chi connectivity index (χ0v) is 14.2. The molecule has 128 valence electrons. The molecular formula is C17H20N2O5. The molecule has 24 heavy (non-hydrogen) atoms. The molecule has 0 radical (unpaired) electrons. The van der Waals surface area contributed by atoms with Gasteiger partial charge in [-0.15, -0.1) is 0 Å². The van der Waals surface area contributed by atoms with Crippen LogP contribution < -0.4 is 5.56 Å². The minimum atomic E-state index is -0.647. The average Bonchev–Trinajstić information content (AvgIpc) is 2.52. The number of benzene rings is 1. The molecule has 1 heterocycles. The number of carbonyl (C=O) groups excluding carboxylic acids is 2. The van der Waals surface area contributed by atoms with E-state index in [1.807, 2.05) is 6.92 Å². The molecule has 0 fully saturated rings. The molecule has 0 aliphatic heterocycles. The number of aromatic nitrogens is 2. The highest BCUT2D eigenvalue weighted by molar-refractivity contribution is 5.94. The summed E-state index contributed by atoms with van der Waals surface area (Å²) in [4.78, 5) is 39.8. The minimum absolute atomic E-state index is 0.156. The largest absolute Gasteiger partial charge is 0.460 e. The normalized spacial score (nSPS) is 10.9. The number of hydrogen-bond donors (Lipinski definition) is 0. The van der Waals surface area contributed by atoms with Crippen molar-refractivity contribution in [3.63, 3.8) is 0 Å². The second-order valence-electron chi connectivity index (χ2n) is 5.56. The van der Waals surface area contributed by atoms with Gasteiger partial charge in [0.2, 0.25) is 0 Å². The number of ether oxygens (including phenoxy) is 2. The maximum absolute atomic E-state index is 12.1. The number of rotatable bonds is 5. The molecule has 0 unspecified atom stereocenters. The molecule has 0 saturated heterocycles. The molecule has 0 amide bonds. The van der Waals surface area contributed by atoms with Crippen LogP contribution in [0.3, 0.4) is 0 Å². The van der Waals surface area contributed by atoms with E-state index in [1.54, 1.807) is 43.5 Å². The molecule has 0 aliphatic rings. The lowest BCUT2D eigenvalue weighted by Crippen LogP contribution is -2.23. The van der Waals surface area contributed by atoms with Crippen molar-refractivity contribution in [3.8, 4) is 0 Å². The van der Waals surface area contributed by atoms with Crippen LogP contribution in [0.25, 0.3) is 11.0 Å². The zero-order chi connectivity index (χ0) is 17.9. The molecular weight excluding hydrogens is 312 g/mol. The molecule has 2 aromatic rings. The van der Waals surface area contributed by atoms with Crippen molar-refractivity contribution >= 4 is 23.0 Å².